The molecule has 2 atom stereocenters. The number of aliphatic carboxylic acids is 1. The Morgan fingerprint density at radius 1 is 1.86 bits per heavy atom. The van der Waals surface area contributed by atoms with Crippen molar-refractivity contribution in [3.05, 3.63) is 0 Å². The summed E-state index contributed by atoms with van der Waals surface area (Å²) in [6.07, 6.45) is 0. The van der Waals surface area contributed by atoms with Gasteiger partial charge in [-0.2, -0.15) is 0 Å². The van der Waals surface area contributed by atoms with Crippen LogP contribution in [0, 0.1) is 0 Å². The highest BCUT2D eigenvalue weighted by Gasteiger charge is 2.38. The SMILES string of the molecule is C[C@@H]1N[C@H]1C(=O)O. The molecule has 0 amide bonds. The molecular formula is C4H7NO2. The Morgan fingerprint density at radius 3 is 2.29 bits per heavy atom. The zero-order valence-corrected chi connectivity index (χ0v) is 4.01. The summed E-state index contributed by atoms with van der Waals surface area (Å²) in [5.74, 6) is -0.743. The molecule has 0 bridgehead atoms. The summed E-state index contributed by atoms with van der Waals surface area (Å²) in [7, 11) is 0. The van der Waals surface area contributed by atoms with Crippen molar-refractivity contribution in [3.63, 3.8) is 0 Å². The highest BCUT2D eigenvalue weighted by Crippen LogP contribution is 2.07. The molecule has 0 aliphatic carbocycles. The summed E-state index contributed by atoms with van der Waals surface area (Å²) < 4.78 is 0. The Balaban J connectivity index is 2.33. The van der Waals surface area contributed by atoms with Crippen LogP contribution in [0.15, 0.2) is 0 Å². The van der Waals surface area contributed by atoms with Crippen molar-refractivity contribution in [3.8, 4) is 0 Å². The normalized spacial score (nSPS) is 37.9. The lowest BCUT2D eigenvalue weighted by atomic mass is 10.4. The van der Waals surface area contributed by atoms with Crippen molar-refractivity contribution < 1.29 is 9.90 Å². The molecule has 1 aliphatic rings. The van der Waals surface area contributed by atoms with Crippen LogP contribution < -0.4 is 5.32 Å². The molecule has 40 valence electrons. The molecule has 1 rings (SSSR count). The molecule has 0 aromatic carbocycles. The monoisotopic (exact) mass is 101 g/mol. The highest BCUT2D eigenvalue weighted by atomic mass is 16.4. The average Bonchev–Trinajstić information content (AvgIpc) is 2.17. The van der Waals surface area contributed by atoms with Gasteiger partial charge < -0.3 is 5.11 Å². The first-order valence-electron chi connectivity index (χ1n) is 2.20. The number of rotatable bonds is 1. The van der Waals surface area contributed by atoms with E-state index in [0.29, 0.717) is 0 Å². The highest BCUT2D eigenvalue weighted by molar-refractivity contribution is 5.77. The second kappa shape index (κ2) is 1.20. The summed E-state index contributed by atoms with van der Waals surface area (Å²) >= 11 is 0. The fourth-order valence-corrected chi connectivity index (χ4v) is 0.513. The molecule has 0 aromatic rings. The Labute approximate surface area is 41.3 Å². The van der Waals surface area contributed by atoms with E-state index in [1.165, 1.54) is 0 Å². The fraction of sp³-hybridized carbons (Fsp3) is 0.750. The maximum atomic E-state index is 9.91. The van der Waals surface area contributed by atoms with Crippen LogP contribution in [0.25, 0.3) is 0 Å². The minimum atomic E-state index is -0.743. The molecule has 0 aromatic heterocycles. The minimum absolute atomic E-state index is 0.192. The number of carboxylic acids is 1. The second-order valence-corrected chi connectivity index (χ2v) is 1.77. The van der Waals surface area contributed by atoms with Crippen LogP contribution in [0.1, 0.15) is 6.92 Å². The van der Waals surface area contributed by atoms with Gasteiger partial charge in [0, 0.05) is 6.04 Å². The van der Waals surface area contributed by atoms with Crippen LogP contribution in [-0.2, 0) is 4.79 Å². The van der Waals surface area contributed by atoms with E-state index in [2.05, 4.69) is 5.32 Å². The molecule has 0 saturated carbocycles. The topological polar surface area (TPSA) is 59.2 Å². The molecule has 1 saturated heterocycles. The van der Waals surface area contributed by atoms with E-state index in [4.69, 9.17) is 5.11 Å². The summed E-state index contributed by atoms with van der Waals surface area (Å²) in [5.41, 5.74) is 0. The summed E-state index contributed by atoms with van der Waals surface area (Å²) in [6, 6.07) is -0.0718. The molecule has 1 fully saturated rings. The van der Waals surface area contributed by atoms with Gasteiger partial charge in [0.25, 0.3) is 0 Å². The van der Waals surface area contributed by atoms with Crippen LogP contribution in [0.3, 0.4) is 0 Å². The van der Waals surface area contributed by atoms with Gasteiger partial charge in [0.2, 0.25) is 0 Å². The largest absolute Gasteiger partial charge is 0.480 e. The minimum Gasteiger partial charge on any atom is -0.480 e. The third-order valence-electron chi connectivity index (χ3n) is 1.10. The van der Waals surface area contributed by atoms with Crippen LogP contribution in [0.5, 0.6) is 0 Å². The van der Waals surface area contributed by atoms with Gasteiger partial charge in [0.05, 0.1) is 0 Å². The zero-order chi connectivity index (χ0) is 5.44. The van der Waals surface area contributed by atoms with Gasteiger partial charge in [-0.3, -0.25) is 10.1 Å². The molecule has 3 heteroatoms. The maximum absolute atomic E-state index is 9.91. The molecule has 2 N–H and O–H groups in total. The van der Waals surface area contributed by atoms with Gasteiger partial charge in [-0.05, 0) is 6.92 Å². The van der Waals surface area contributed by atoms with E-state index >= 15 is 0 Å². The van der Waals surface area contributed by atoms with E-state index in [9.17, 15) is 4.79 Å². The lowest BCUT2D eigenvalue weighted by Crippen LogP contribution is -2.07. The average molecular weight is 101 g/mol. The zero-order valence-electron chi connectivity index (χ0n) is 4.01. The summed E-state index contributed by atoms with van der Waals surface area (Å²) in [6.45, 7) is 1.85. The molecule has 0 unspecified atom stereocenters. The van der Waals surface area contributed by atoms with E-state index < -0.39 is 5.97 Å². The standard InChI is InChI=1S/C4H7NO2/c1-2-3(5-2)4(6)7/h2-3,5H,1H3,(H,6,7)/t2-,3+/m0/s1. The predicted octanol–water partition coefficient (Wildman–Crippen LogP) is -0.569. The van der Waals surface area contributed by atoms with Crippen molar-refractivity contribution >= 4 is 5.97 Å². The first-order valence-corrected chi connectivity index (χ1v) is 2.20. The lowest BCUT2D eigenvalue weighted by Gasteiger charge is -1.77. The molecule has 1 heterocycles. The molecule has 0 radical (unpaired) electrons. The molecule has 7 heavy (non-hydrogen) atoms. The first kappa shape index (κ1) is 4.59. The third kappa shape index (κ3) is 0.718. The predicted molar refractivity (Wildman–Crippen MR) is 24.0 cm³/mol. The molecular weight excluding hydrogens is 94.0 g/mol. The van der Waals surface area contributed by atoms with Crippen LogP contribution >= 0.6 is 0 Å². The molecule has 3 nitrogen and oxygen atoms in total. The smallest absolute Gasteiger partial charge is 0.322 e. The first-order chi connectivity index (χ1) is 3.22. The lowest BCUT2D eigenvalue weighted by molar-refractivity contribution is -0.136. The Hall–Kier alpha value is -0.570. The van der Waals surface area contributed by atoms with Crippen molar-refractivity contribution in [1.82, 2.24) is 5.32 Å². The van der Waals surface area contributed by atoms with Crippen LogP contribution in [0.4, 0.5) is 0 Å². The number of carboxylic acid groups (broad SMARTS) is 1. The summed E-state index contributed by atoms with van der Waals surface area (Å²) in [4.78, 5) is 9.91. The van der Waals surface area contributed by atoms with E-state index in [-0.39, 0.29) is 12.1 Å². The Kier molecular flexibility index (Phi) is 0.785. The number of hydrogen-bond donors (Lipinski definition) is 2. The van der Waals surface area contributed by atoms with Crippen molar-refractivity contribution in [2.75, 3.05) is 0 Å². The third-order valence-corrected chi connectivity index (χ3v) is 1.10. The molecule has 1 aliphatic heterocycles. The molecule has 0 spiro atoms. The Morgan fingerprint density at radius 2 is 2.29 bits per heavy atom. The second-order valence-electron chi connectivity index (χ2n) is 1.77. The van der Waals surface area contributed by atoms with Gasteiger partial charge in [-0.15, -0.1) is 0 Å². The van der Waals surface area contributed by atoms with Crippen molar-refractivity contribution in [2.24, 2.45) is 0 Å². The van der Waals surface area contributed by atoms with Gasteiger partial charge in [0.1, 0.15) is 6.04 Å². The number of nitrogens with one attached hydrogen (secondary N) is 1. The van der Waals surface area contributed by atoms with E-state index in [0.717, 1.165) is 0 Å². The van der Waals surface area contributed by atoms with Crippen LogP contribution in [-0.4, -0.2) is 23.2 Å². The fourth-order valence-electron chi connectivity index (χ4n) is 0.513. The van der Waals surface area contributed by atoms with Crippen molar-refractivity contribution in [2.45, 2.75) is 19.0 Å². The van der Waals surface area contributed by atoms with Gasteiger partial charge >= 0.3 is 5.97 Å². The van der Waals surface area contributed by atoms with Gasteiger partial charge in [0.15, 0.2) is 0 Å². The number of hydrogen-bond acceptors (Lipinski definition) is 2. The van der Waals surface area contributed by atoms with Crippen LogP contribution in [0.2, 0.25) is 0 Å². The maximum Gasteiger partial charge on any atom is 0.322 e. The number of carbonyl (C=O) groups is 1. The Bertz CT molecular complexity index is 102. The van der Waals surface area contributed by atoms with Gasteiger partial charge in [-0.1, -0.05) is 0 Å². The quantitative estimate of drug-likeness (QED) is 0.435. The van der Waals surface area contributed by atoms with E-state index in [1.807, 2.05) is 6.92 Å². The van der Waals surface area contributed by atoms with E-state index in [1.54, 1.807) is 0 Å². The van der Waals surface area contributed by atoms with Crippen molar-refractivity contribution in [1.29, 1.82) is 0 Å². The summed E-state index contributed by atoms with van der Waals surface area (Å²) in [5, 5.41) is 10.9. The van der Waals surface area contributed by atoms with Gasteiger partial charge in [-0.25, -0.2) is 0 Å².